The molecule has 1 aromatic rings. The van der Waals surface area contributed by atoms with E-state index in [1.807, 2.05) is 12.1 Å². The van der Waals surface area contributed by atoms with Gasteiger partial charge in [0.15, 0.2) is 0 Å². The van der Waals surface area contributed by atoms with Crippen LogP contribution in [0.2, 0.25) is 0 Å². The molecule has 1 fully saturated rings. The minimum absolute atomic E-state index is 0.187. The van der Waals surface area contributed by atoms with Crippen molar-refractivity contribution >= 4 is 11.7 Å². The van der Waals surface area contributed by atoms with Crippen LogP contribution in [0.1, 0.15) is 55.5 Å². The number of nitrogens with one attached hydrogen (secondary N) is 1. The van der Waals surface area contributed by atoms with Crippen molar-refractivity contribution in [1.29, 1.82) is 0 Å². The predicted octanol–water partition coefficient (Wildman–Crippen LogP) is 3.13. The van der Waals surface area contributed by atoms with Crippen molar-refractivity contribution in [3.05, 3.63) is 35.4 Å². The van der Waals surface area contributed by atoms with Gasteiger partial charge in [0.25, 0.3) is 5.91 Å². The van der Waals surface area contributed by atoms with Gasteiger partial charge in [0.1, 0.15) is 0 Å². The summed E-state index contributed by atoms with van der Waals surface area (Å²) in [6.07, 6.45) is 5.26. The highest BCUT2D eigenvalue weighted by atomic mass is 16.2. The number of benzene rings is 1. The molecule has 0 unspecified atom stereocenters. The molecule has 0 aliphatic heterocycles. The van der Waals surface area contributed by atoms with Gasteiger partial charge < -0.3 is 5.32 Å². The largest absolute Gasteiger partial charge is 0.346 e. The Hall–Kier alpha value is -1.64. The van der Waals surface area contributed by atoms with Crippen LogP contribution in [0.15, 0.2) is 24.3 Å². The zero-order valence-corrected chi connectivity index (χ0v) is 12.3. The molecular weight excluding hydrogens is 250 g/mol. The number of Topliss-reactive ketones (excluding diaryl/α,β-unsaturated/α-hetero) is 1. The molecule has 0 aromatic heterocycles. The van der Waals surface area contributed by atoms with Crippen molar-refractivity contribution in [3.8, 4) is 0 Å². The molecule has 1 amide bonds. The first-order valence-electron chi connectivity index (χ1n) is 7.50. The van der Waals surface area contributed by atoms with Crippen molar-refractivity contribution in [3.63, 3.8) is 0 Å². The smallest absolute Gasteiger partial charge is 0.292 e. The molecule has 0 atom stereocenters. The molecule has 0 radical (unpaired) electrons. The van der Waals surface area contributed by atoms with Gasteiger partial charge in [0, 0.05) is 11.6 Å². The van der Waals surface area contributed by atoms with E-state index in [1.165, 1.54) is 5.56 Å². The number of carbonyl (C=O) groups excluding carboxylic acids is 2. The first-order valence-corrected chi connectivity index (χ1v) is 7.50. The van der Waals surface area contributed by atoms with Crippen LogP contribution in [0.3, 0.4) is 0 Å². The third kappa shape index (κ3) is 3.92. The Labute approximate surface area is 120 Å². The minimum atomic E-state index is -0.464. The highest BCUT2D eigenvalue weighted by Crippen LogP contribution is 2.18. The van der Waals surface area contributed by atoms with Gasteiger partial charge in [-0.25, -0.2) is 0 Å². The SMILES string of the molecule is CC(C)Cc1ccc(C(=O)C(=O)NC2CCCC2)cc1. The fourth-order valence-electron chi connectivity index (χ4n) is 2.72. The van der Waals surface area contributed by atoms with Crippen molar-refractivity contribution in [2.24, 2.45) is 5.92 Å². The molecule has 1 aliphatic carbocycles. The first-order chi connectivity index (χ1) is 9.56. The monoisotopic (exact) mass is 273 g/mol. The van der Waals surface area contributed by atoms with E-state index in [0.717, 1.165) is 32.1 Å². The predicted molar refractivity (Wildman–Crippen MR) is 79.7 cm³/mol. The molecule has 0 saturated heterocycles. The second-order valence-electron chi connectivity index (χ2n) is 6.08. The zero-order valence-electron chi connectivity index (χ0n) is 12.3. The van der Waals surface area contributed by atoms with Gasteiger partial charge in [-0.2, -0.15) is 0 Å². The number of carbonyl (C=O) groups is 2. The molecule has 3 nitrogen and oxygen atoms in total. The normalized spacial score (nSPS) is 15.6. The van der Waals surface area contributed by atoms with E-state index >= 15 is 0 Å². The van der Waals surface area contributed by atoms with Gasteiger partial charge in [-0.3, -0.25) is 9.59 Å². The Balaban J connectivity index is 1.95. The molecular formula is C17H23NO2. The topological polar surface area (TPSA) is 46.2 Å². The van der Waals surface area contributed by atoms with E-state index in [4.69, 9.17) is 0 Å². The minimum Gasteiger partial charge on any atom is -0.346 e. The number of ketones is 1. The molecule has 0 spiro atoms. The quantitative estimate of drug-likeness (QED) is 0.662. The van der Waals surface area contributed by atoms with Crippen LogP contribution in [-0.4, -0.2) is 17.7 Å². The Morgan fingerprint density at radius 2 is 1.75 bits per heavy atom. The maximum Gasteiger partial charge on any atom is 0.292 e. The van der Waals surface area contributed by atoms with Crippen LogP contribution >= 0.6 is 0 Å². The summed E-state index contributed by atoms with van der Waals surface area (Å²) in [7, 11) is 0. The van der Waals surface area contributed by atoms with Crippen LogP contribution in [0.5, 0.6) is 0 Å². The third-order valence-corrected chi connectivity index (χ3v) is 3.76. The summed E-state index contributed by atoms with van der Waals surface area (Å²) in [5.74, 6) is -0.302. The fourth-order valence-corrected chi connectivity index (χ4v) is 2.72. The number of amides is 1. The molecule has 0 heterocycles. The second-order valence-corrected chi connectivity index (χ2v) is 6.08. The summed E-state index contributed by atoms with van der Waals surface area (Å²) in [6, 6.07) is 7.58. The van der Waals surface area contributed by atoms with Crippen LogP contribution in [0.25, 0.3) is 0 Å². The summed E-state index contributed by atoms with van der Waals surface area (Å²) < 4.78 is 0. The molecule has 1 aromatic carbocycles. The summed E-state index contributed by atoms with van der Waals surface area (Å²) in [5, 5.41) is 2.84. The van der Waals surface area contributed by atoms with E-state index in [0.29, 0.717) is 11.5 Å². The Kier molecular flexibility index (Phi) is 4.94. The van der Waals surface area contributed by atoms with Crippen LogP contribution < -0.4 is 5.32 Å². The highest BCUT2D eigenvalue weighted by molar-refractivity contribution is 6.42. The van der Waals surface area contributed by atoms with E-state index in [-0.39, 0.29) is 6.04 Å². The van der Waals surface area contributed by atoms with Gasteiger partial charge in [0.2, 0.25) is 5.78 Å². The number of rotatable bonds is 5. The van der Waals surface area contributed by atoms with Crippen molar-refractivity contribution in [2.75, 3.05) is 0 Å². The Morgan fingerprint density at radius 3 is 2.30 bits per heavy atom. The van der Waals surface area contributed by atoms with Crippen LogP contribution in [0, 0.1) is 5.92 Å². The van der Waals surface area contributed by atoms with Gasteiger partial charge in [-0.15, -0.1) is 0 Å². The third-order valence-electron chi connectivity index (χ3n) is 3.76. The van der Waals surface area contributed by atoms with E-state index in [9.17, 15) is 9.59 Å². The van der Waals surface area contributed by atoms with Gasteiger partial charge in [0.05, 0.1) is 0 Å². The molecule has 2 rings (SSSR count). The van der Waals surface area contributed by atoms with Crippen molar-refractivity contribution in [1.82, 2.24) is 5.32 Å². The molecule has 3 heteroatoms. The van der Waals surface area contributed by atoms with Gasteiger partial charge in [-0.1, -0.05) is 51.0 Å². The lowest BCUT2D eigenvalue weighted by atomic mass is 10.0. The second kappa shape index (κ2) is 6.69. The average Bonchev–Trinajstić information content (AvgIpc) is 2.91. The van der Waals surface area contributed by atoms with Crippen molar-refractivity contribution in [2.45, 2.75) is 52.0 Å². The molecule has 1 N–H and O–H groups in total. The Bertz CT molecular complexity index is 470. The lowest BCUT2D eigenvalue weighted by molar-refractivity contribution is -0.117. The maximum atomic E-state index is 12.1. The summed E-state index contributed by atoms with van der Waals surface area (Å²) in [5.41, 5.74) is 1.68. The fraction of sp³-hybridized carbons (Fsp3) is 0.529. The van der Waals surface area contributed by atoms with E-state index in [1.54, 1.807) is 12.1 Å². The Morgan fingerprint density at radius 1 is 1.15 bits per heavy atom. The summed E-state index contributed by atoms with van der Waals surface area (Å²) in [6.45, 7) is 4.32. The zero-order chi connectivity index (χ0) is 14.5. The lowest BCUT2D eigenvalue weighted by Gasteiger charge is -2.11. The number of hydrogen-bond acceptors (Lipinski definition) is 2. The maximum absolute atomic E-state index is 12.1. The number of hydrogen-bond donors (Lipinski definition) is 1. The molecule has 20 heavy (non-hydrogen) atoms. The molecule has 1 aliphatic rings. The van der Waals surface area contributed by atoms with Crippen LogP contribution in [0.4, 0.5) is 0 Å². The van der Waals surface area contributed by atoms with Crippen molar-refractivity contribution < 1.29 is 9.59 Å². The molecule has 0 bridgehead atoms. The average molecular weight is 273 g/mol. The molecule has 1 saturated carbocycles. The van der Waals surface area contributed by atoms with E-state index in [2.05, 4.69) is 19.2 Å². The lowest BCUT2D eigenvalue weighted by Crippen LogP contribution is -2.37. The van der Waals surface area contributed by atoms with Gasteiger partial charge >= 0.3 is 0 Å². The standard InChI is InChI=1S/C17H23NO2/c1-12(2)11-13-7-9-14(10-8-13)16(19)17(20)18-15-5-3-4-6-15/h7-10,12,15H,3-6,11H2,1-2H3,(H,18,20). The molecule has 108 valence electrons. The summed E-state index contributed by atoms with van der Waals surface area (Å²) >= 11 is 0. The van der Waals surface area contributed by atoms with E-state index < -0.39 is 11.7 Å². The first kappa shape index (κ1) is 14.8. The summed E-state index contributed by atoms with van der Waals surface area (Å²) in [4.78, 5) is 24.0. The highest BCUT2D eigenvalue weighted by Gasteiger charge is 2.22. The van der Waals surface area contributed by atoms with Crippen LogP contribution in [-0.2, 0) is 11.2 Å². The van der Waals surface area contributed by atoms with Gasteiger partial charge in [-0.05, 0) is 30.7 Å².